The number of morpholine rings is 1. The smallest absolute Gasteiger partial charge is 0.185 e. The Kier molecular flexibility index (Phi) is 3.97. The lowest BCUT2D eigenvalue weighted by Gasteiger charge is -2.26. The number of unbranched alkanes of at least 4 members (excludes halogenated alkanes) is 1. The van der Waals surface area contributed by atoms with Crippen molar-refractivity contribution in [1.29, 1.82) is 0 Å². The van der Waals surface area contributed by atoms with Gasteiger partial charge in [-0.1, -0.05) is 13.3 Å². The van der Waals surface area contributed by atoms with E-state index in [-0.39, 0.29) is 0 Å². The number of thiazole rings is 1. The first kappa shape index (κ1) is 10.9. The molecule has 1 aliphatic heterocycles. The van der Waals surface area contributed by atoms with E-state index in [1.165, 1.54) is 23.7 Å². The fraction of sp³-hybridized carbons (Fsp3) is 0.727. The van der Waals surface area contributed by atoms with Crippen molar-refractivity contribution < 1.29 is 4.74 Å². The molecule has 0 unspecified atom stereocenters. The Morgan fingerprint density at radius 2 is 2.27 bits per heavy atom. The van der Waals surface area contributed by atoms with E-state index in [4.69, 9.17) is 4.74 Å². The summed E-state index contributed by atoms with van der Waals surface area (Å²) in [6.45, 7) is 5.87. The zero-order chi connectivity index (χ0) is 10.5. The minimum absolute atomic E-state index is 0.837. The summed E-state index contributed by atoms with van der Waals surface area (Å²) >= 11 is 1.77. The molecule has 0 aliphatic carbocycles. The normalized spacial score (nSPS) is 17.0. The summed E-state index contributed by atoms with van der Waals surface area (Å²) in [6, 6.07) is 0. The van der Waals surface area contributed by atoms with Crippen LogP contribution in [0.4, 0.5) is 5.13 Å². The van der Waals surface area contributed by atoms with Crippen molar-refractivity contribution in [1.82, 2.24) is 4.98 Å². The second-order valence-corrected chi connectivity index (χ2v) is 4.66. The Hall–Kier alpha value is -0.610. The SMILES string of the molecule is CCCCc1csc(N2CCOCC2)n1. The summed E-state index contributed by atoms with van der Waals surface area (Å²) < 4.78 is 5.33. The molecule has 84 valence electrons. The molecule has 1 saturated heterocycles. The van der Waals surface area contributed by atoms with Crippen LogP contribution < -0.4 is 4.90 Å². The van der Waals surface area contributed by atoms with Crippen molar-refractivity contribution >= 4 is 16.5 Å². The standard InChI is InChI=1S/C11H18N2OS/c1-2-3-4-10-9-15-11(12-10)13-5-7-14-8-6-13/h9H,2-8H2,1H3. The first-order valence-corrected chi connectivity index (χ1v) is 6.55. The van der Waals surface area contributed by atoms with Crippen LogP contribution in [0, 0.1) is 0 Å². The van der Waals surface area contributed by atoms with Crippen LogP contribution in [0.2, 0.25) is 0 Å². The fourth-order valence-corrected chi connectivity index (χ4v) is 2.58. The lowest BCUT2D eigenvalue weighted by molar-refractivity contribution is 0.122. The molecule has 0 saturated carbocycles. The number of rotatable bonds is 4. The van der Waals surface area contributed by atoms with Gasteiger partial charge in [0.25, 0.3) is 0 Å². The van der Waals surface area contributed by atoms with Crippen LogP contribution in [0.5, 0.6) is 0 Å². The zero-order valence-electron chi connectivity index (χ0n) is 9.24. The third-order valence-corrected chi connectivity index (χ3v) is 3.56. The predicted molar refractivity (Wildman–Crippen MR) is 63.8 cm³/mol. The Morgan fingerprint density at radius 1 is 1.47 bits per heavy atom. The molecule has 0 radical (unpaired) electrons. The number of hydrogen-bond donors (Lipinski definition) is 0. The molecule has 0 aromatic carbocycles. The van der Waals surface area contributed by atoms with Gasteiger partial charge in [0.1, 0.15) is 0 Å². The monoisotopic (exact) mass is 226 g/mol. The number of aryl methyl sites for hydroxylation is 1. The highest BCUT2D eigenvalue weighted by atomic mass is 32.1. The average molecular weight is 226 g/mol. The molecule has 0 N–H and O–H groups in total. The maximum Gasteiger partial charge on any atom is 0.185 e. The van der Waals surface area contributed by atoms with Crippen LogP contribution in [0.1, 0.15) is 25.5 Å². The minimum Gasteiger partial charge on any atom is -0.378 e. The van der Waals surface area contributed by atoms with Gasteiger partial charge in [0.2, 0.25) is 0 Å². The number of hydrogen-bond acceptors (Lipinski definition) is 4. The van der Waals surface area contributed by atoms with Crippen LogP contribution in [0.15, 0.2) is 5.38 Å². The van der Waals surface area contributed by atoms with E-state index in [0.717, 1.165) is 32.7 Å². The largest absolute Gasteiger partial charge is 0.378 e. The van der Waals surface area contributed by atoms with Crippen LogP contribution in [-0.4, -0.2) is 31.3 Å². The molecule has 0 spiro atoms. The minimum atomic E-state index is 0.837. The third kappa shape index (κ3) is 2.92. The van der Waals surface area contributed by atoms with Crippen molar-refractivity contribution in [2.24, 2.45) is 0 Å². The van der Waals surface area contributed by atoms with Gasteiger partial charge in [-0.2, -0.15) is 0 Å². The maximum absolute atomic E-state index is 5.33. The van der Waals surface area contributed by atoms with Crippen LogP contribution in [-0.2, 0) is 11.2 Å². The Morgan fingerprint density at radius 3 is 3.00 bits per heavy atom. The van der Waals surface area contributed by atoms with Gasteiger partial charge in [0.05, 0.1) is 18.9 Å². The Labute approximate surface area is 95.1 Å². The number of ether oxygens (including phenoxy) is 1. The molecule has 4 heteroatoms. The summed E-state index contributed by atoms with van der Waals surface area (Å²) in [5.74, 6) is 0. The lowest BCUT2D eigenvalue weighted by Crippen LogP contribution is -2.36. The van der Waals surface area contributed by atoms with E-state index in [0.29, 0.717) is 0 Å². The van der Waals surface area contributed by atoms with Crippen molar-refractivity contribution in [2.75, 3.05) is 31.2 Å². The van der Waals surface area contributed by atoms with E-state index < -0.39 is 0 Å². The number of aromatic nitrogens is 1. The molecule has 1 aliphatic rings. The summed E-state index contributed by atoms with van der Waals surface area (Å²) in [5.41, 5.74) is 1.25. The molecule has 2 heterocycles. The molecule has 2 rings (SSSR count). The zero-order valence-corrected chi connectivity index (χ0v) is 10.1. The first-order chi connectivity index (χ1) is 7.40. The molecule has 1 fully saturated rings. The van der Waals surface area contributed by atoms with E-state index in [2.05, 4.69) is 22.2 Å². The highest BCUT2D eigenvalue weighted by Crippen LogP contribution is 2.22. The molecule has 1 aromatic rings. The predicted octanol–water partition coefficient (Wildman–Crippen LogP) is 2.32. The van der Waals surface area contributed by atoms with Gasteiger partial charge in [0.15, 0.2) is 5.13 Å². The van der Waals surface area contributed by atoms with Gasteiger partial charge in [-0.15, -0.1) is 11.3 Å². The fourth-order valence-electron chi connectivity index (χ4n) is 1.67. The Balaban J connectivity index is 1.93. The Bertz CT molecular complexity index is 295. The van der Waals surface area contributed by atoms with Crippen molar-refractivity contribution in [2.45, 2.75) is 26.2 Å². The highest BCUT2D eigenvalue weighted by molar-refractivity contribution is 7.13. The summed E-state index contributed by atoms with van der Waals surface area (Å²) in [4.78, 5) is 6.98. The molecule has 0 atom stereocenters. The van der Waals surface area contributed by atoms with Gasteiger partial charge >= 0.3 is 0 Å². The molecular weight excluding hydrogens is 208 g/mol. The van der Waals surface area contributed by atoms with Crippen LogP contribution in [0.3, 0.4) is 0 Å². The maximum atomic E-state index is 5.33. The van der Waals surface area contributed by atoms with Crippen LogP contribution >= 0.6 is 11.3 Å². The highest BCUT2D eigenvalue weighted by Gasteiger charge is 2.14. The van der Waals surface area contributed by atoms with Gasteiger partial charge < -0.3 is 9.64 Å². The van der Waals surface area contributed by atoms with E-state index >= 15 is 0 Å². The molecule has 0 amide bonds. The van der Waals surface area contributed by atoms with Crippen molar-refractivity contribution in [3.05, 3.63) is 11.1 Å². The molecular formula is C11H18N2OS. The van der Waals surface area contributed by atoms with Crippen molar-refractivity contribution in [3.8, 4) is 0 Å². The molecule has 1 aromatic heterocycles. The van der Waals surface area contributed by atoms with Crippen LogP contribution in [0.25, 0.3) is 0 Å². The molecule has 0 bridgehead atoms. The number of anilines is 1. The average Bonchev–Trinajstić information content (AvgIpc) is 2.76. The van der Waals surface area contributed by atoms with E-state index in [9.17, 15) is 0 Å². The van der Waals surface area contributed by atoms with Gasteiger partial charge in [-0.05, 0) is 12.8 Å². The number of nitrogens with zero attached hydrogens (tertiary/aromatic N) is 2. The summed E-state index contributed by atoms with van der Waals surface area (Å²) in [7, 11) is 0. The third-order valence-electron chi connectivity index (χ3n) is 2.61. The molecule has 3 nitrogen and oxygen atoms in total. The second-order valence-electron chi connectivity index (χ2n) is 3.82. The topological polar surface area (TPSA) is 25.4 Å². The first-order valence-electron chi connectivity index (χ1n) is 5.67. The van der Waals surface area contributed by atoms with Gasteiger partial charge in [0, 0.05) is 18.5 Å². The quantitative estimate of drug-likeness (QED) is 0.788. The summed E-state index contributed by atoms with van der Waals surface area (Å²) in [6.07, 6.45) is 3.61. The van der Waals surface area contributed by atoms with Gasteiger partial charge in [-0.25, -0.2) is 4.98 Å². The van der Waals surface area contributed by atoms with Crippen molar-refractivity contribution in [3.63, 3.8) is 0 Å². The second kappa shape index (κ2) is 5.47. The van der Waals surface area contributed by atoms with E-state index in [1.54, 1.807) is 11.3 Å². The lowest BCUT2D eigenvalue weighted by atomic mass is 10.2. The summed E-state index contributed by atoms with van der Waals surface area (Å²) in [5, 5.41) is 3.37. The van der Waals surface area contributed by atoms with Gasteiger partial charge in [-0.3, -0.25) is 0 Å². The molecule has 15 heavy (non-hydrogen) atoms. The van der Waals surface area contributed by atoms with E-state index in [1.807, 2.05) is 0 Å².